The van der Waals surface area contributed by atoms with Gasteiger partial charge in [-0.3, -0.25) is 0 Å². The summed E-state index contributed by atoms with van der Waals surface area (Å²) in [5.74, 6) is 0. The molecule has 0 saturated carbocycles. The second-order valence-corrected chi connectivity index (χ2v) is 5.49. The fourth-order valence-electron chi connectivity index (χ4n) is 2.28. The topological polar surface area (TPSA) is 38.8 Å². The molecule has 2 rings (SSSR count). The van der Waals surface area contributed by atoms with Crippen LogP contribution < -0.4 is 0 Å². The second-order valence-electron chi connectivity index (χ2n) is 5.49. The highest BCUT2D eigenvalue weighted by molar-refractivity contribution is 5.67. The average molecular weight is 289 g/mol. The number of carbonyl (C=O) groups excluding carboxylic acids is 1. The summed E-state index contributed by atoms with van der Waals surface area (Å²) >= 11 is 0. The number of ether oxygens (including phenoxy) is 2. The van der Waals surface area contributed by atoms with Crippen molar-refractivity contribution in [2.24, 2.45) is 0 Å². The van der Waals surface area contributed by atoms with E-state index in [2.05, 4.69) is 6.58 Å². The molecule has 114 valence electrons. The quantitative estimate of drug-likeness (QED) is 0.780. The van der Waals surface area contributed by atoms with Crippen molar-refractivity contribution >= 4 is 6.09 Å². The molecule has 0 bridgehead atoms. The van der Waals surface area contributed by atoms with Crippen molar-refractivity contribution in [3.8, 4) is 0 Å². The number of carbonyl (C=O) groups is 1. The van der Waals surface area contributed by atoms with Gasteiger partial charge in [0.25, 0.3) is 0 Å². The van der Waals surface area contributed by atoms with Crippen LogP contribution in [0.3, 0.4) is 0 Å². The lowest BCUT2D eigenvalue weighted by Crippen LogP contribution is -2.41. The minimum absolute atomic E-state index is 0.222. The predicted molar refractivity (Wildman–Crippen MR) is 82.0 cm³/mol. The first kappa shape index (κ1) is 15.6. The van der Waals surface area contributed by atoms with E-state index in [1.165, 1.54) is 0 Å². The molecule has 21 heavy (non-hydrogen) atoms. The monoisotopic (exact) mass is 289 g/mol. The highest BCUT2D eigenvalue weighted by Gasteiger charge is 2.24. The van der Waals surface area contributed by atoms with E-state index in [-0.39, 0.29) is 12.2 Å². The maximum atomic E-state index is 12.0. The summed E-state index contributed by atoms with van der Waals surface area (Å²) in [6, 6.07) is 9.72. The molecule has 1 aromatic carbocycles. The Morgan fingerprint density at radius 2 is 1.95 bits per heavy atom. The van der Waals surface area contributed by atoms with Crippen LogP contribution in [0.1, 0.15) is 25.3 Å². The summed E-state index contributed by atoms with van der Waals surface area (Å²) in [4.78, 5) is 13.7. The van der Waals surface area contributed by atoms with Gasteiger partial charge in [-0.2, -0.15) is 0 Å². The Kier molecular flexibility index (Phi) is 5.81. The minimum atomic E-state index is -0.239. The SMILES string of the molecule is C=C(C)COC1CCN(C(=O)OCc2ccccc2)CC1. The van der Waals surface area contributed by atoms with E-state index in [0.717, 1.165) is 24.0 Å². The highest BCUT2D eigenvalue weighted by atomic mass is 16.6. The van der Waals surface area contributed by atoms with E-state index in [4.69, 9.17) is 9.47 Å². The molecule has 1 amide bonds. The molecular weight excluding hydrogens is 266 g/mol. The summed E-state index contributed by atoms with van der Waals surface area (Å²) in [5, 5.41) is 0. The Balaban J connectivity index is 1.69. The lowest BCUT2D eigenvalue weighted by atomic mass is 10.1. The van der Waals surface area contributed by atoms with Crippen molar-refractivity contribution in [2.45, 2.75) is 32.5 Å². The lowest BCUT2D eigenvalue weighted by molar-refractivity contribution is 0.0147. The van der Waals surface area contributed by atoms with Gasteiger partial charge in [0, 0.05) is 13.1 Å². The van der Waals surface area contributed by atoms with Gasteiger partial charge in [0.1, 0.15) is 6.61 Å². The summed E-state index contributed by atoms with van der Waals surface area (Å²) in [6.07, 6.45) is 1.69. The number of likely N-dealkylation sites (tertiary alicyclic amines) is 1. The molecule has 0 N–H and O–H groups in total. The third kappa shape index (κ3) is 5.23. The van der Waals surface area contributed by atoms with Crippen molar-refractivity contribution in [3.05, 3.63) is 48.0 Å². The van der Waals surface area contributed by atoms with E-state index in [1.54, 1.807) is 4.90 Å². The summed E-state index contributed by atoms with van der Waals surface area (Å²) < 4.78 is 11.1. The Labute approximate surface area is 126 Å². The normalized spacial score (nSPS) is 15.8. The maximum Gasteiger partial charge on any atom is 0.410 e. The van der Waals surface area contributed by atoms with Crippen LogP contribution in [0.5, 0.6) is 0 Å². The fourth-order valence-corrected chi connectivity index (χ4v) is 2.28. The van der Waals surface area contributed by atoms with Crippen molar-refractivity contribution in [2.75, 3.05) is 19.7 Å². The van der Waals surface area contributed by atoms with Gasteiger partial charge in [0.05, 0.1) is 12.7 Å². The lowest BCUT2D eigenvalue weighted by Gasteiger charge is -2.31. The molecule has 0 aromatic heterocycles. The van der Waals surface area contributed by atoms with Gasteiger partial charge in [-0.05, 0) is 25.3 Å². The summed E-state index contributed by atoms with van der Waals surface area (Å²) in [6.45, 7) is 8.08. The van der Waals surface area contributed by atoms with E-state index in [1.807, 2.05) is 37.3 Å². The Morgan fingerprint density at radius 3 is 2.57 bits per heavy atom. The molecule has 1 saturated heterocycles. The molecule has 0 radical (unpaired) electrons. The number of benzene rings is 1. The maximum absolute atomic E-state index is 12.0. The highest BCUT2D eigenvalue weighted by Crippen LogP contribution is 2.15. The minimum Gasteiger partial charge on any atom is -0.445 e. The summed E-state index contributed by atoms with van der Waals surface area (Å²) in [5.41, 5.74) is 2.03. The molecule has 1 heterocycles. The zero-order valence-corrected chi connectivity index (χ0v) is 12.6. The number of rotatable bonds is 5. The third-order valence-electron chi connectivity index (χ3n) is 3.47. The number of nitrogens with zero attached hydrogens (tertiary/aromatic N) is 1. The second kappa shape index (κ2) is 7.84. The van der Waals surface area contributed by atoms with Gasteiger partial charge in [0.2, 0.25) is 0 Å². The van der Waals surface area contributed by atoms with Gasteiger partial charge in [-0.1, -0.05) is 42.5 Å². The van der Waals surface area contributed by atoms with Crippen molar-refractivity contribution in [1.82, 2.24) is 4.90 Å². The van der Waals surface area contributed by atoms with Crippen LogP contribution in [0.25, 0.3) is 0 Å². The smallest absolute Gasteiger partial charge is 0.410 e. The largest absolute Gasteiger partial charge is 0.445 e. The van der Waals surface area contributed by atoms with Crippen LogP contribution in [0.15, 0.2) is 42.5 Å². The molecule has 1 fully saturated rings. The van der Waals surface area contributed by atoms with Crippen LogP contribution in [-0.2, 0) is 16.1 Å². The summed E-state index contributed by atoms with van der Waals surface area (Å²) in [7, 11) is 0. The zero-order valence-electron chi connectivity index (χ0n) is 12.6. The molecule has 0 aliphatic carbocycles. The van der Waals surface area contributed by atoms with Crippen LogP contribution in [0, 0.1) is 0 Å². The molecule has 1 aliphatic rings. The third-order valence-corrected chi connectivity index (χ3v) is 3.47. The molecule has 4 nitrogen and oxygen atoms in total. The Bertz CT molecular complexity index is 464. The zero-order chi connectivity index (χ0) is 15.1. The van der Waals surface area contributed by atoms with Gasteiger partial charge < -0.3 is 14.4 Å². The molecule has 1 aliphatic heterocycles. The first-order chi connectivity index (χ1) is 10.1. The van der Waals surface area contributed by atoms with Gasteiger partial charge in [-0.25, -0.2) is 4.79 Å². The number of hydrogen-bond acceptors (Lipinski definition) is 3. The van der Waals surface area contributed by atoms with Crippen LogP contribution in [0.4, 0.5) is 4.79 Å². The predicted octanol–water partition coefficient (Wildman–Crippen LogP) is 3.38. The number of amides is 1. The van der Waals surface area contributed by atoms with E-state index >= 15 is 0 Å². The molecular formula is C17H23NO3. The van der Waals surface area contributed by atoms with Crippen molar-refractivity contribution < 1.29 is 14.3 Å². The van der Waals surface area contributed by atoms with Crippen molar-refractivity contribution in [3.63, 3.8) is 0 Å². The van der Waals surface area contributed by atoms with E-state index in [0.29, 0.717) is 26.3 Å². The standard InChI is InChI=1S/C17H23NO3/c1-14(2)12-20-16-8-10-18(11-9-16)17(19)21-13-15-6-4-3-5-7-15/h3-7,16H,1,8-13H2,2H3. The molecule has 0 atom stereocenters. The number of piperidine rings is 1. The molecule has 4 heteroatoms. The van der Waals surface area contributed by atoms with Gasteiger partial charge >= 0.3 is 6.09 Å². The van der Waals surface area contributed by atoms with Gasteiger partial charge in [-0.15, -0.1) is 0 Å². The first-order valence-corrected chi connectivity index (χ1v) is 7.37. The molecule has 0 unspecified atom stereocenters. The van der Waals surface area contributed by atoms with Crippen LogP contribution in [-0.4, -0.2) is 36.8 Å². The molecule has 1 aromatic rings. The van der Waals surface area contributed by atoms with E-state index in [9.17, 15) is 4.79 Å². The average Bonchev–Trinajstić information content (AvgIpc) is 2.52. The molecule has 0 spiro atoms. The fraction of sp³-hybridized carbons (Fsp3) is 0.471. The Morgan fingerprint density at radius 1 is 1.29 bits per heavy atom. The number of hydrogen-bond donors (Lipinski definition) is 0. The van der Waals surface area contributed by atoms with E-state index < -0.39 is 0 Å². The van der Waals surface area contributed by atoms with Gasteiger partial charge in [0.15, 0.2) is 0 Å². The van der Waals surface area contributed by atoms with Crippen molar-refractivity contribution in [1.29, 1.82) is 0 Å². The van der Waals surface area contributed by atoms with Crippen LogP contribution in [0.2, 0.25) is 0 Å². The van der Waals surface area contributed by atoms with Crippen LogP contribution >= 0.6 is 0 Å². The first-order valence-electron chi connectivity index (χ1n) is 7.37. The Hall–Kier alpha value is -1.81.